The smallest absolute Gasteiger partial charge is 0.231 e. The zero-order chi connectivity index (χ0) is 13.8. The molecule has 6 nitrogen and oxygen atoms in total. The molecule has 6 heteroatoms. The molecule has 1 saturated carbocycles. The van der Waals surface area contributed by atoms with E-state index in [-0.39, 0.29) is 0 Å². The van der Waals surface area contributed by atoms with Crippen LogP contribution in [0.2, 0.25) is 0 Å². The number of rotatable bonds is 5. The lowest BCUT2D eigenvalue weighted by molar-refractivity contribution is 0.636. The van der Waals surface area contributed by atoms with Gasteiger partial charge in [-0.1, -0.05) is 12.8 Å². The molecule has 0 aromatic carbocycles. The molecule has 0 spiro atoms. The molecule has 1 aliphatic rings. The Kier molecular flexibility index (Phi) is 4.39. The average molecular weight is 264 g/mol. The van der Waals surface area contributed by atoms with Crippen molar-refractivity contribution in [2.75, 3.05) is 42.8 Å². The van der Waals surface area contributed by atoms with Gasteiger partial charge in [-0.25, -0.2) is 0 Å². The van der Waals surface area contributed by atoms with E-state index in [1.807, 2.05) is 25.9 Å². The fourth-order valence-corrected chi connectivity index (χ4v) is 2.40. The Bertz CT molecular complexity index is 414. The van der Waals surface area contributed by atoms with Gasteiger partial charge >= 0.3 is 0 Å². The highest BCUT2D eigenvalue weighted by Crippen LogP contribution is 2.26. The van der Waals surface area contributed by atoms with Crippen LogP contribution >= 0.6 is 0 Å². The van der Waals surface area contributed by atoms with Gasteiger partial charge in [0.15, 0.2) is 0 Å². The Labute approximate surface area is 115 Å². The maximum Gasteiger partial charge on any atom is 0.231 e. The van der Waals surface area contributed by atoms with E-state index in [0.717, 1.165) is 12.5 Å². The summed E-state index contributed by atoms with van der Waals surface area (Å²) in [5.41, 5.74) is 0. The van der Waals surface area contributed by atoms with Gasteiger partial charge < -0.3 is 15.1 Å². The van der Waals surface area contributed by atoms with Crippen molar-refractivity contribution >= 4 is 17.8 Å². The zero-order valence-electron chi connectivity index (χ0n) is 12.3. The van der Waals surface area contributed by atoms with E-state index in [2.05, 4.69) is 32.2 Å². The third kappa shape index (κ3) is 3.24. The number of aromatic nitrogens is 3. The van der Waals surface area contributed by atoms with Gasteiger partial charge in [0.2, 0.25) is 17.8 Å². The van der Waals surface area contributed by atoms with Crippen LogP contribution in [0.4, 0.5) is 17.8 Å². The van der Waals surface area contributed by atoms with E-state index in [1.54, 1.807) is 0 Å². The standard InChI is InChI=1S/C13H24N6/c1-5-14-11-15-12(18(2)3)17-13(16-11)19(4)10-8-6-7-9-10/h10H,5-9H2,1-4H3,(H,14,15,16,17). The van der Waals surface area contributed by atoms with E-state index in [4.69, 9.17) is 0 Å². The first-order valence-corrected chi connectivity index (χ1v) is 7.02. The predicted molar refractivity (Wildman–Crippen MR) is 79.0 cm³/mol. The zero-order valence-corrected chi connectivity index (χ0v) is 12.3. The van der Waals surface area contributed by atoms with Crippen LogP contribution in [0.15, 0.2) is 0 Å². The first kappa shape index (κ1) is 13.8. The summed E-state index contributed by atoms with van der Waals surface area (Å²) < 4.78 is 0. The summed E-state index contributed by atoms with van der Waals surface area (Å²) >= 11 is 0. The molecule has 0 bridgehead atoms. The normalized spacial score (nSPS) is 15.6. The maximum absolute atomic E-state index is 4.55. The van der Waals surface area contributed by atoms with Crippen molar-refractivity contribution in [3.8, 4) is 0 Å². The molecule has 2 rings (SSSR count). The molecule has 0 aliphatic heterocycles. The van der Waals surface area contributed by atoms with Crippen LogP contribution in [0.3, 0.4) is 0 Å². The van der Waals surface area contributed by atoms with Crippen LogP contribution in [0.5, 0.6) is 0 Å². The number of hydrogen-bond acceptors (Lipinski definition) is 6. The molecule has 1 aliphatic carbocycles. The first-order valence-electron chi connectivity index (χ1n) is 7.02. The van der Waals surface area contributed by atoms with E-state index in [0.29, 0.717) is 17.9 Å². The molecule has 1 fully saturated rings. The molecule has 1 aromatic rings. The Morgan fingerprint density at radius 2 is 1.68 bits per heavy atom. The van der Waals surface area contributed by atoms with Crippen LogP contribution in [-0.4, -0.2) is 48.7 Å². The van der Waals surface area contributed by atoms with Crippen molar-refractivity contribution in [2.24, 2.45) is 0 Å². The van der Waals surface area contributed by atoms with Crippen LogP contribution < -0.4 is 15.1 Å². The third-order valence-corrected chi connectivity index (χ3v) is 3.53. The summed E-state index contributed by atoms with van der Waals surface area (Å²) in [5, 5.41) is 3.17. The SMILES string of the molecule is CCNc1nc(N(C)C)nc(N(C)C2CCCC2)n1. The van der Waals surface area contributed by atoms with E-state index >= 15 is 0 Å². The third-order valence-electron chi connectivity index (χ3n) is 3.53. The largest absolute Gasteiger partial charge is 0.354 e. The fourth-order valence-electron chi connectivity index (χ4n) is 2.40. The molecule has 0 saturated heterocycles. The summed E-state index contributed by atoms with van der Waals surface area (Å²) in [6.07, 6.45) is 5.08. The van der Waals surface area contributed by atoms with Gasteiger partial charge in [0.05, 0.1) is 0 Å². The molecule has 0 radical (unpaired) electrons. The molecule has 0 amide bonds. The Hall–Kier alpha value is -1.59. The van der Waals surface area contributed by atoms with Crippen LogP contribution in [0.1, 0.15) is 32.6 Å². The van der Waals surface area contributed by atoms with E-state index in [1.165, 1.54) is 25.7 Å². The van der Waals surface area contributed by atoms with Crippen molar-refractivity contribution < 1.29 is 0 Å². The Morgan fingerprint density at radius 3 is 2.26 bits per heavy atom. The number of nitrogens with one attached hydrogen (secondary N) is 1. The molecule has 19 heavy (non-hydrogen) atoms. The molecule has 1 aromatic heterocycles. The topological polar surface area (TPSA) is 57.2 Å². The van der Waals surface area contributed by atoms with Gasteiger partial charge in [-0.2, -0.15) is 15.0 Å². The minimum atomic E-state index is 0.562. The number of anilines is 3. The minimum absolute atomic E-state index is 0.562. The lowest BCUT2D eigenvalue weighted by atomic mass is 10.2. The number of nitrogens with zero attached hydrogens (tertiary/aromatic N) is 5. The highest BCUT2D eigenvalue weighted by Gasteiger charge is 2.22. The summed E-state index contributed by atoms with van der Waals surface area (Å²) in [5.74, 6) is 2.12. The summed E-state index contributed by atoms with van der Waals surface area (Å²) in [7, 11) is 5.98. The highest BCUT2D eigenvalue weighted by atomic mass is 15.3. The van der Waals surface area contributed by atoms with Crippen molar-refractivity contribution in [3.05, 3.63) is 0 Å². The molecule has 0 unspecified atom stereocenters. The quantitative estimate of drug-likeness (QED) is 0.874. The van der Waals surface area contributed by atoms with Crippen molar-refractivity contribution in [3.63, 3.8) is 0 Å². The summed E-state index contributed by atoms with van der Waals surface area (Å²) in [6, 6.07) is 0.562. The first-order chi connectivity index (χ1) is 9.11. The van der Waals surface area contributed by atoms with Gasteiger partial charge in [-0.3, -0.25) is 0 Å². The maximum atomic E-state index is 4.55. The lowest BCUT2D eigenvalue weighted by Crippen LogP contribution is -2.31. The van der Waals surface area contributed by atoms with E-state index in [9.17, 15) is 0 Å². The van der Waals surface area contributed by atoms with Gasteiger partial charge in [0, 0.05) is 33.7 Å². The molecule has 1 N–H and O–H groups in total. The van der Waals surface area contributed by atoms with Crippen LogP contribution in [0, 0.1) is 0 Å². The minimum Gasteiger partial charge on any atom is -0.354 e. The van der Waals surface area contributed by atoms with Crippen LogP contribution in [0.25, 0.3) is 0 Å². The van der Waals surface area contributed by atoms with Gasteiger partial charge in [0.1, 0.15) is 0 Å². The second-order valence-electron chi connectivity index (χ2n) is 5.23. The molecule has 106 valence electrons. The molecule has 1 heterocycles. The van der Waals surface area contributed by atoms with Gasteiger partial charge in [-0.15, -0.1) is 0 Å². The fraction of sp³-hybridized carbons (Fsp3) is 0.769. The highest BCUT2D eigenvalue weighted by molar-refractivity contribution is 5.44. The predicted octanol–water partition coefficient (Wildman–Crippen LogP) is 1.75. The Morgan fingerprint density at radius 1 is 1.05 bits per heavy atom. The summed E-state index contributed by atoms with van der Waals surface area (Å²) in [6.45, 7) is 2.85. The second kappa shape index (κ2) is 6.04. The lowest BCUT2D eigenvalue weighted by Gasteiger charge is -2.25. The monoisotopic (exact) mass is 264 g/mol. The Balaban J connectivity index is 2.26. The summed E-state index contributed by atoms with van der Waals surface area (Å²) in [4.78, 5) is 17.6. The molecule has 0 atom stereocenters. The molecular formula is C13H24N6. The number of hydrogen-bond donors (Lipinski definition) is 1. The molecular weight excluding hydrogens is 240 g/mol. The van der Waals surface area contributed by atoms with Crippen molar-refractivity contribution in [2.45, 2.75) is 38.6 Å². The van der Waals surface area contributed by atoms with Crippen molar-refractivity contribution in [1.29, 1.82) is 0 Å². The van der Waals surface area contributed by atoms with Crippen LogP contribution in [-0.2, 0) is 0 Å². The van der Waals surface area contributed by atoms with Gasteiger partial charge in [-0.05, 0) is 19.8 Å². The van der Waals surface area contributed by atoms with Gasteiger partial charge in [0.25, 0.3) is 0 Å². The average Bonchev–Trinajstić information content (AvgIpc) is 2.91. The van der Waals surface area contributed by atoms with Crippen molar-refractivity contribution in [1.82, 2.24) is 15.0 Å². The van der Waals surface area contributed by atoms with E-state index < -0.39 is 0 Å². The second-order valence-corrected chi connectivity index (χ2v) is 5.23.